The Balaban J connectivity index is 2.18. The van der Waals surface area contributed by atoms with Crippen LogP contribution in [-0.2, 0) is 6.42 Å². The van der Waals surface area contributed by atoms with E-state index < -0.39 is 0 Å². The summed E-state index contributed by atoms with van der Waals surface area (Å²) in [5.41, 5.74) is 1.08. The minimum Gasteiger partial charge on any atom is -0.314 e. The third-order valence-corrected chi connectivity index (χ3v) is 2.89. The van der Waals surface area contributed by atoms with Crippen LogP contribution in [0.1, 0.15) is 26.0 Å². The minimum absolute atomic E-state index is 0.440. The topological polar surface area (TPSA) is 37.8 Å². The zero-order valence-electron chi connectivity index (χ0n) is 10.5. The van der Waals surface area contributed by atoms with Gasteiger partial charge in [-0.25, -0.2) is 0 Å². The van der Waals surface area contributed by atoms with Crippen molar-refractivity contribution in [2.24, 2.45) is 0 Å². The van der Waals surface area contributed by atoms with Gasteiger partial charge < -0.3 is 5.32 Å². The predicted molar refractivity (Wildman–Crippen MR) is 71.0 cm³/mol. The second kappa shape index (κ2) is 5.73. The summed E-state index contributed by atoms with van der Waals surface area (Å²) in [7, 11) is 0. The monoisotopic (exact) mass is 229 g/mol. The van der Waals surface area contributed by atoms with Gasteiger partial charge in [0.05, 0.1) is 11.9 Å². The van der Waals surface area contributed by atoms with Gasteiger partial charge in [0.1, 0.15) is 0 Å². The lowest BCUT2D eigenvalue weighted by Crippen LogP contribution is -2.29. The lowest BCUT2D eigenvalue weighted by Gasteiger charge is -2.13. The van der Waals surface area contributed by atoms with Crippen LogP contribution in [0, 0.1) is 0 Å². The Bertz CT molecular complexity index is 476. The Hall–Kier alpha value is -1.48. The normalized spacial score (nSPS) is 12.8. The quantitative estimate of drug-likeness (QED) is 0.856. The molecule has 1 unspecified atom stereocenters. The third-order valence-electron chi connectivity index (χ3n) is 2.89. The number of nitrogens with zero attached hydrogens (tertiary/aromatic N) is 2. The van der Waals surface area contributed by atoms with E-state index >= 15 is 0 Å². The highest BCUT2D eigenvalue weighted by Crippen LogP contribution is 2.16. The van der Waals surface area contributed by atoms with E-state index in [0.29, 0.717) is 6.04 Å². The van der Waals surface area contributed by atoms with E-state index in [4.69, 9.17) is 0 Å². The molecule has 1 heterocycles. The summed E-state index contributed by atoms with van der Waals surface area (Å²) in [5, 5.41) is 14.2. The van der Waals surface area contributed by atoms with Gasteiger partial charge >= 0.3 is 0 Å². The number of aromatic nitrogens is 2. The molecule has 0 radical (unpaired) electrons. The SMILES string of the molecule is CCCNC(C)Cc1nncc2ccccc12. The molecular formula is C14H19N3. The number of benzene rings is 1. The maximum absolute atomic E-state index is 4.26. The number of rotatable bonds is 5. The maximum atomic E-state index is 4.26. The largest absolute Gasteiger partial charge is 0.314 e. The Morgan fingerprint density at radius 3 is 2.94 bits per heavy atom. The van der Waals surface area contributed by atoms with Gasteiger partial charge in [0, 0.05) is 23.2 Å². The summed E-state index contributed by atoms with van der Waals surface area (Å²) < 4.78 is 0. The molecule has 1 aromatic heterocycles. The van der Waals surface area contributed by atoms with E-state index in [-0.39, 0.29) is 0 Å². The van der Waals surface area contributed by atoms with Crippen molar-refractivity contribution in [1.82, 2.24) is 15.5 Å². The average Bonchev–Trinajstić information content (AvgIpc) is 2.37. The highest BCUT2D eigenvalue weighted by Gasteiger charge is 2.07. The predicted octanol–water partition coefficient (Wildman–Crippen LogP) is 2.56. The first-order valence-corrected chi connectivity index (χ1v) is 6.24. The van der Waals surface area contributed by atoms with Crippen LogP contribution in [0.4, 0.5) is 0 Å². The molecular weight excluding hydrogens is 210 g/mol. The first-order valence-electron chi connectivity index (χ1n) is 6.24. The third kappa shape index (κ3) is 3.01. The Morgan fingerprint density at radius 2 is 2.12 bits per heavy atom. The second-order valence-electron chi connectivity index (χ2n) is 4.44. The van der Waals surface area contributed by atoms with E-state index in [2.05, 4.69) is 47.6 Å². The molecule has 90 valence electrons. The van der Waals surface area contributed by atoms with Gasteiger partial charge in [0.2, 0.25) is 0 Å². The Kier molecular flexibility index (Phi) is 4.04. The zero-order chi connectivity index (χ0) is 12.1. The van der Waals surface area contributed by atoms with Crippen molar-refractivity contribution in [2.45, 2.75) is 32.7 Å². The molecule has 0 saturated carbocycles. The summed E-state index contributed by atoms with van der Waals surface area (Å²) in [6.45, 7) is 5.43. The summed E-state index contributed by atoms with van der Waals surface area (Å²) in [4.78, 5) is 0. The first-order chi connectivity index (χ1) is 8.31. The molecule has 1 atom stereocenters. The van der Waals surface area contributed by atoms with Crippen LogP contribution in [0.2, 0.25) is 0 Å². The van der Waals surface area contributed by atoms with Crippen LogP contribution in [0.15, 0.2) is 30.5 Å². The van der Waals surface area contributed by atoms with Crippen molar-refractivity contribution >= 4 is 10.8 Å². The smallest absolute Gasteiger partial charge is 0.0724 e. The highest BCUT2D eigenvalue weighted by molar-refractivity contribution is 5.83. The molecule has 0 aliphatic rings. The molecule has 0 fully saturated rings. The summed E-state index contributed by atoms with van der Waals surface area (Å²) in [5.74, 6) is 0. The molecule has 0 aliphatic heterocycles. The van der Waals surface area contributed by atoms with Crippen LogP contribution in [0.3, 0.4) is 0 Å². The van der Waals surface area contributed by atoms with Crippen LogP contribution in [-0.4, -0.2) is 22.8 Å². The summed E-state index contributed by atoms with van der Waals surface area (Å²) >= 11 is 0. The van der Waals surface area contributed by atoms with Crippen molar-refractivity contribution < 1.29 is 0 Å². The van der Waals surface area contributed by atoms with Gasteiger partial charge in [-0.2, -0.15) is 10.2 Å². The highest BCUT2D eigenvalue weighted by atomic mass is 15.1. The van der Waals surface area contributed by atoms with Gasteiger partial charge in [-0.1, -0.05) is 31.2 Å². The number of hydrogen-bond acceptors (Lipinski definition) is 3. The molecule has 0 bridgehead atoms. The molecule has 1 aromatic carbocycles. The maximum Gasteiger partial charge on any atom is 0.0724 e. The summed E-state index contributed by atoms with van der Waals surface area (Å²) in [6.07, 6.45) is 3.91. The van der Waals surface area contributed by atoms with Crippen molar-refractivity contribution in [3.63, 3.8) is 0 Å². The van der Waals surface area contributed by atoms with Crippen LogP contribution in [0.25, 0.3) is 10.8 Å². The lowest BCUT2D eigenvalue weighted by atomic mass is 10.1. The molecule has 0 spiro atoms. The number of hydrogen-bond donors (Lipinski definition) is 1. The molecule has 17 heavy (non-hydrogen) atoms. The Labute approximate surface area is 102 Å². The molecule has 2 aromatic rings. The standard InChI is InChI=1S/C14H19N3/c1-3-8-15-11(2)9-14-13-7-5-4-6-12(13)10-16-17-14/h4-7,10-11,15H,3,8-9H2,1-2H3. The number of fused-ring (bicyclic) bond motifs is 1. The summed E-state index contributed by atoms with van der Waals surface area (Å²) in [6, 6.07) is 8.73. The van der Waals surface area contributed by atoms with Gasteiger partial charge in [0.25, 0.3) is 0 Å². The van der Waals surface area contributed by atoms with Crippen molar-refractivity contribution in [2.75, 3.05) is 6.54 Å². The van der Waals surface area contributed by atoms with Gasteiger partial charge in [-0.15, -0.1) is 0 Å². The van der Waals surface area contributed by atoms with E-state index in [1.807, 2.05) is 12.3 Å². The fourth-order valence-electron chi connectivity index (χ4n) is 1.99. The fourth-order valence-corrected chi connectivity index (χ4v) is 1.99. The second-order valence-corrected chi connectivity index (χ2v) is 4.44. The molecule has 3 nitrogen and oxygen atoms in total. The minimum atomic E-state index is 0.440. The van der Waals surface area contributed by atoms with Crippen molar-refractivity contribution in [3.05, 3.63) is 36.2 Å². The van der Waals surface area contributed by atoms with Crippen LogP contribution >= 0.6 is 0 Å². The molecule has 0 amide bonds. The van der Waals surface area contributed by atoms with Crippen molar-refractivity contribution in [1.29, 1.82) is 0 Å². The van der Waals surface area contributed by atoms with Crippen molar-refractivity contribution in [3.8, 4) is 0 Å². The molecule has 0 saturated heterocycles. The van der Waals surface area contributed by atoms with E-state index in [1.54, 1.807) is 0 Å². The van der Waals surface area contributed by atoms with Gasteiger partial charge in [-0.05, 0) is 19.9 Å². The fraction of sp³-hybridized carbons (Fsp3) is 0.429. The van der Waals surface area contributed by atoms with Crippen LogP contribution in [0.5, 0.6) is 0 Å². The van der Waals surface area contributed by atoms with Gasteiger partial charge in [0.15, 0.2) is 0 Å². The lowest BCUT2D eigenvalue weighted by molar-refractivity contribution is 0.538. The van der Waals surface area contributed by atoms with Gasteiger partial charge in [-0.3, -0.25) is 0 Å². The van der Waals surface area contributed by atoms with E-state index in [9.17, 15) is 0 Å². The van der Waals surface area contributed by atoms with E-state index in [1.165, 1.54) is 10.8 Å². The van der Waals surface area contributed by atoms with E-state index in [0.717, 1.165) is 25.1 Å². The first kappa shape index (κ1) is 12.0. The molecule has 2 rings (SSSR count). The molecule has 3 heteroatoms. The molecule has 1 N–H and O–H groups in total. The average molecular weight is 229 g/mol. The number of nitrogens with one attached hydrogen (secondary N) is 1. The van der Waals surface area contributed by atoms with Crippen LogP contribution < -0.4 is 5.32 Å². The Morgan fingerprint density at radius 1 is 1.29 bits per heavy atom. The zero-order valence-corrected chi connectivity index (χ0v) is 10.5. The molecule has 0 aliphatic carbocycles.